The van der Waals surface area contributed by atoms with Gasteiger partial charge >= 0.3 is 6.18 Å². The van der Waals surface area contributed by atoms with Crippen molar-refractivity contribution < 1.29 is 22.3 Å². The van der Waals surface area contributed by atoms with Crippen LogP contribution in [0.5, 0.6) is 5.75 Å². The molecule has 0 N–H and O–H groups in total. The second-order valence-corrected chi connectivity index (χ2v) is 5.82. The highest BCUT2D eigenvalue weighted by Gasteiger charge is 2.31. The number of hydrogen-bond donors (Lipinski definition) is 0. The maximum atomic E-state index is 13.9. The van der Waals surface area contributed by atoms with Gasteiger partial charge in [-0.3, -0.25) is 0 Å². The Balaban J connectivity index is 1.98. The van der Waals surface area contributed by atoms with Crippen LogP contribution in [0.1, 0.15) is 5.56 Å². The number of aromatic nitrogens is 1. The third kappa shape index (κ3) is 3.26. The predicted octanol–water partition coefficient (Wildman–Crippen LogP) is 5.64. The average Bonchev–Trinajstić information content (AvgIpc) is 3.04. The normalized spacial score (nSPS) is 11.5. The number of halogens is 4. The summed E-state index contributed by atoms with van der Waals surface area (Å²) in [4.78, 5) is 4.26. The van der Waals surface area contributed by atoms with Crippen molar-refractivity contribution in [1.82, 2.24) is 4.98 Å². The van der Waals surface area contributed by atoms with Gasteiger partial charge in [0.1, 0.15) is 16.6 Å². The van der Waals surface area contributed by atoms with Crippen LogP contribution in [0.2, 0.25) is 0 Å². The van der Waals surface area contributed by atoms with Gasteiger partial charge in [-0.25, -0.2) is 9.37 Å². The molecule has 24 heavy (non-hydrogen) atoms. The van der Waals surface area contributed by atoms with Crippen molar-refractivity contribution >= 4 is 11.3 Å². The molecule has 0 aliphatic heterocycles. The summed E-state index contributed by atoms with van der Waals surface area (Å²) in [6, 6.07) is 9.37. The van der Waals surface area contributed by atoms with Gasteiger partial charge in [0.05, 0.1) is 18.4 Å². The molecule has 0 radical (unpaired) electrons. The van der Waals surface area contributed by atoms with Crippen molar-refractivity contribution in [2.45, 2.75) is 6.18 Å². The van der Waals surface area contributed by atoms with Gasteiger partial charge in [0.15, 0.2) is 0 Å². The molecule has 0 unspecified atom stereocenters. The second kappa shape index (κ2) is 6.24. The third-order valence-corrected chi connectivity index (χ3v) is 4.30. The SMILES string of the molecule is COc1ccc(-c2nc(-c3cc(C(F)(F)F)ccc3F)cs2)cc1. The number of alkyl halides is 3. The van der Waals surface area contributed by atoms with Crippen LogP contribution in [0.4, 0.5) is 17.6 Å². The first kappa shape index (κ1) is 16.4. The van der Waals surface area contributed by atoms with E-state index in [1.54, 1.807) is 31.4 Å². The monoisotopic (exact) mass is 353 g/mol. The number of ether oxygens (including phenoxy) is 1. The van der Waals surface area contributed by atoms with Crippen LogP contribution in [-0.4, -0.2) is 12.1 Å². The molecule has 0 bridgehead atoms. The summed E-state index contributed by atoms with van der Waals surface area (Å²) in [5.41, 5.74) is -0.118. The van der Waals surface area contributed by atoms with Gasteiger partial charge in [-0.15, -0.1) is 11.3 Å². The van der Waals surface area contributed by atoms with Crippen LogP contribution in [0, 0.1) is 5.82 Å². The van der Waals surface area contributed by atoms with Crippen molar-refractivity contribution in [2.24, 2.45) is 0 Å². The third-order valence-electron chi connectivity index (χ3n) is 3.41. The van der Waals surface area contributed by atoms with Crippen LogP contribution >= 0.6 is 11.3 Å². The largest absolute Gasteiger partial charge is 0.497 e. The fraction of sp³-hybridized carbons (Fsp3) is 0.118. The Kier molecular flexibility index (Phi) is 4.28. The standard InChI is InChI=1S/C17H11F4NOS/c1-23-12-5-2-10(3-6-12)16-22-15(9-24-16)13-8-11(17(19,20)21)4-7-14(13)18/h2-9H,1H3. The Morgan fingerprint density at radius 1 is 1.04 bits per heavy atom. The molecule has 2 nitrogen and oxygen atoms in total. The Labute approximate surface area is 139 Å². The zero-order valence-electron chi connectivity index (χ0n) is 12.4. The lowest BCUT2D eigenvalue weighted by Crippen LogP contribution is -2.05. The first-order chi connectivity index (χ1) is 11.4. The van der Waals surface area contributed by atoms with Crippen molar-refractivity contribution in [2.75, 3.05) is 7.11 Å². The minimum Gasteiger partial charge on any atom is -0.497 e. The zero-order chi connectivity index (χ0) is 17.3. The fourth-order valence-corrected chi connectivity index (χ4v) is 2.99. The Bertz CT molecular complexity index is 856. The molecular weight excluding hydrogens is 342 g/mol. The van der Waals surface area contributed by atoms with Gasteiger partial charge in [0, 0.05) is 16.5 Å². The summed E-state index contributed by atoms with van der Waals surface area (Å²) in [5, 5.41) is 2.13. The highest BCUT2D eigenvalue weighted by molar-refractivity contribution is 7.13. The van der Waals surface area contributed by atoms with Gasteiger partial charge in [-0.05, 0) is 42.5 Å². The highest BCUT2D eigenvalue weighted by Crippen LogP contribution is 2.35. The lowest BCUT2D eigenvalue weighted by molar-refractivity contribution is -0.137. The van der Waals surface area contributed by atoms with Crippen LogP contribution < -0.4 is 4.74 Å². The molecule has 0 fully saturated rings. The molecule has 1 aromatic heterocycles. The van der Waals surface area contributed by atoms with E-state index in [2.05, 4.69) is 4.98 Å². The first-order valence-corrected chi connectivity index (χ1v) is 7.73. The molecule has 3 rings (SSSR count). The summed E-state index contributed by atoms with van der Waals surface area (Å²) in [6.45, 7) is 0. The predicted molar refractivity (Wildman–Crippen MR) is 84.5 cm³/mol. The van der Waals surface area contributed by atoms with Gasteiger partial charge in [0.25, 0.3) is 0 Å². The van der Waals surface area contributed by atoms with Crippen LogP contribution in [0.15, 0.2) is 47.8 Å². The van der Waals surface area contributed by atoms with Gasteiger partial charge in [-0.2, -0.15) is 13.2 Å². The first-order valence-electron chi connectivity index (χ1n) is 6.85. The minimum atomic E-state index is -4.53. The highest BCUT2D eigenvalue weighted by atomic mass is 32.1. The van der Waals surface area contributed by atoms with E-state index in [-0.39, 0.29) is 11.3 Å². The summed E-state index contributed by atoms with van der Waals surface area (Å²) < 4.78 is 57.4. The van der Waals surface area contributed by atoms with E-state index in [4.69, 9.17) is 4.74 Å². The fourth-order valence-electron chi connectivity index (χ4n) is 2.16. The molecule has 2 aromatic carbocycles. The van der Waals surface area contributed by atoms with Gasteiger partial charge in [0.2, 0.25) is 0 Å². The molecule has 124 valence electrons. The molecule has 0 spiro atoms. The smallest absolute Gasteiger partial charge is 0.416 e. The number of benzene rings is 2. The maximum absolute atomic E-state index is 13.9. The number of hydrogen-bond acceptors (Lipinski definition) is 3. The van der Waals surface area contributed by atoms with Crippen LogP contribution in [0.3, 0.4) is 0 Å². The minimum absolute atomic E-state index is 0.166. The molecule has 1 heterocycles. The lowest BCUT2D eigenvalue weighted by atomic mass is 10.1. The van der Waals surface area contributed by atoms with Crippen molar-refractivity contribution in [1.29, 1.82) is 0 Å². The van der Waals surface area contributed by atoms with E-state index in [1.165, 1.54) is 16.7 Å². The maximum Gasteiger partial charge on any atom is 0.416 e. The second-order valence-electron chi connectivity index (χ2n) is 4.96. The Morgan fingerprint density at radius 3 is 2.38 bits per heavy atom. The van der Waals surface area contributed by atoms with Gasteiger partial charge in [-0.1, -0.05) is 0 Å². The molecule has 7 heteroatoms. The van der Waals surface area contributed by atoms with Crippen molar-refractivity contribution in [3.63, 3.8) is 0 Å². The average molecular weight is 353 g/mol. The summed E-state index contributed by atoms with van der Waals surface area (Å²) in [6.07, 6.45) is -4.53. The molecule has 0 aliphatic carbocycles. The van der Waals surface area contributed by atoms with E-state index in [9.17, 15) is 17.6 Å². The van der Waals surface area contributed by atoms with E-state index < -0.39 is 17.6 Å². The molecule has 3 aromatic rings. The summed E-state index contributed by atoms with van der Waals surface area (Å²) in [7, 11) is 1.55. The zero-order valence-corrected chi connectivity index (χ0v) is 13.2. The van der Waals surface area contributed by atoms with E-state index in [0.717, 1.165) is 23.8 Å². The number of methoxy groups -OCH3 is 1. The number of thiazole rings is 1. The summed E-state index contributed by atoms with van der Waals surface area (Å²) >= 11 is 1.23. The molecular formula is C17H11F4NOS. The number of nitrogens with zero attached hydrogens (tertiary/aromatic N) is 1. The molecule has 0 saturated heterocycles. The lowest BCUT2D eigenvalue weighted by Gasteiger charge is -2.08. The summed E-state index contributed by atoms with van der Waals surface area (Å²) in [5.74, 6) is -0.0611. The molecule has 0 aliphatic rings. The van der Waals surface area contributed by atoms with Crippen molar-refractivity contribution in [3.8, 4) is 27.6 Å². The Hall–Kier alpha value is -2.41. The number of rotatable bonds is 3. The Morgan fingerprint density at radius 2 is 1.75 bits per heavy atom. The van der Waals surface area contributed by atoms with E-state index in [0.29, 0.717) is 10.8 Å². The van der Waals surface area contributed by atoms with E-state index >= 15 is 0 Å². The topological polar surface area (TPSA) is 22.1 Å². The van der Waals surface area contributed by atoms with Crippen LogP contribution in [-0.2, 0) is 6.18 Å². The molecule has 0 saturated carbocycles. The van der Waals surface area contributed by atoms with Crippen LogP contribution in [0.25, 0.3) is 21.8 Å². The van der Waals surface area contributed by atoms with E-state index in [1.807, 2.05) is 0 Å². The molecule has 0 atom stereocenters. The van der Waals surface area contributed by atoms with Gasteiger partial charge < -0.3 is 4.74 Å². The van der Waals surface area contributed by atoms with Crippen molar-refractivity contribution in [3.05, 3.63) is 59.2 Å². The molecule has 0 amide bonds. The quantitative estimate of drug-likeness (QED) is 0.568.